The predicted octanol–water partition coefficient (Wildman–Crippen LogP) is 4.82. The fourth-order valence-electron chi connectivity index (χ4n) is 4.90. The Balaban J connectivity index is 1.64. The first-order valence-electron chi connectivity index (χ1n) is 12.1. The predicted molar refractivity (Wildman–Crippen MR) is 131 cm³/mol. The molecule has 0 aromatic carbocycles. The van der Waals surface area contributed by atoms with Crippen LogP contribution < -0.4 is 19.9 Å². The average Bonchev–Trinajstić information content (AvgIpc) is 3.36. The second-order valence-electron chi connectivity index (χ2n) is 8.67. The van der Waals surface area contributed by atoms with Gasteiger partial charge in [-0.05, 0) is 44.2 Å². The zero-order valence-electron chi connectivity index (χ0n) is 20.3. The van der Waals surface area contributed by atoms with E-state index in [2.05, 4.69) is 27.1 Å². The van der Waals surface area contributed by atoms with Gasteiger partial charge in [-0.15, -0.1) is 0 Å². The van der Waals surface area contributed by atoms with Crippen molar-refractivity contribution in [1.29, 1.82) is 0 Å². The van der Waals surface area contributed by atoms with E-state index in [1.807, 2.05) is 20.0 Å². The SMILES string of the molecule is CCOC(=O)Oc1cnc(Nc2cc3c(cn2)N(C)C(=O)[C@@H](CC)N3C2CCCC2)c(CC)c1. The van der Waals surface area contributed by atoms with Crippen LogP contribution in [0, 0.1) is 0 Å². The summed E-state index contributed by atoms with van der Waals surface area (Å²) in [5.41, 5.74) is 2.74. The fraction of sp³-hybridized carbons (Fsp3) is 0.520. The van der Waals surface area contributed by atoms with Crippen LogP contribution in [0.2, 0.25) is 0 Å². The van der Waals surface area contributed by atoms with E-state index in [1.54, 1.807) is 24.1 Å². The first-order valence-corrected chi connectivity index (χ1v) is 12.1. The van der Waals surface area contributed by atoms with Crippen molar-refractivity contribution < 1.29 is 19.1 Å². The summed E-state index contributed by atoms with van der Waals surface area (Å²) in [6.07, 6.45) is 8.52. The van der Waals surface area contributed by atoms with Gasteiger partial charge in [0.2, 0.25) is 5.91 Å². The number of fused-ring (bicyclic) bond motifs is 1. The van der Waals surface area contributed by atoms with Crippen molar-refractivity contribution in [2.45, 2.75) is 71.4 Å². The van der Waals surface area contributed by atoms with Crippen LogP contribution in [-0.2, 0) is 16.0 Å². The third-order valence-corrected chi connectivity index (χ3v) is 6.59. The first kappa shape index (κ1) is 23.8. The number of hydrogen-bond donors (Lipinski definition) is 1. The molecule has 9 heteroatoms. The number of nitrogens with one attached hydrogen (secondary N) is 1. The number of amides is 1. The molecular weight excluding hydrogens is 434 g/mol. The molecule has 0 bridgehead atoms. The van der Waals surface area contributed by atoms with E-state index in [4.69, 9.17) is 9.47 Å². The smallest absolute Gasteiger partial charge is 0.434 e. The third-order valence-electron chi connectivity index (χ3n) is 6.59. The lowest BCUT2D eigenvalue weighted by Crippen LogP contribution is -2.55. The second kappa shape index (κ2) is 10.3. The summed E-state index contributed by atoms with van der Waals surface area (Å²) in [4.78, 5) is 37.8. The lowest BCUT2D eigenvalue weighted by molar-refractivity contribution is -0.120. The lowest BCUT2D eigenvalue weighted by Gasteiger charge is -2.44. The number of anilines is 4. The van der Waals surface area contributed by atoms with Crippen molar-refractivity contribution in [3.8, 4) is 5.75 Å². The third kappa shape index (κ3) is 4.64. The number of ether oxygens (including phenoxy) is 2. The molecule has 2 aliphatic rings. The van der Waals surface area contributed by atoms with Gasteiger partial charge in [0, 0.05) is 19.2 Å². The van der Waals surface area contributed by atoms with Gasteiger partial charge in [-0.25, -0.2) is 14.8 Å². The molecule has 0 spiro atoms. The molecule has 2 aromatic rings. The number of carbonyl (C=O) groups excluding carboxylic acids is 2. The van der Waals surface area contributed by atoms with Gasteiger partial charge in [-0.3, -0.25) is 4.79 Å². The summed E-state index contributed by atoms with van der Waals surface area (Å²) in [7, 11) is 1.82. The Morgan fingerprint density at radius 3 is 2.56 bits per heavy atom. The van der Waals surface area contributed by atoms with Crippen LogP contribution in [0.5, 0.6) is 5.75 Å². The van der Waals surface area contributed by atoms with E-state index in [1.165, 1.54) is 19.0 Å². The van der Waals surface area contributed by atoms with Crippen LogP contribution in [0.1, 0.15) is 58.4 Å². The normalized spacial score (nSPS) is 18.1. The molecule has 3 heterocycles. The Kier molecular flexibility index (Phi) is 7.19. The molecule has 1 saturated carbocycles. The zero-order valence-corrected chi connectivity index (χ0v) is 20.3. The van der Waals surface area contributed by atoms with Crippen LogP contribution in [0.15, 0.2) is 24.5 Å². The van der Waals surface area contributed by atoms with Crippen LogP contribution in [0.4, 0.5) is 27.8 Å². The first-order chi connectivity index (χ1) is 16.5. The molecule has 1 amide bonds. The molecule has 1 fully saturated rings. The number of carbonyl (C=O) groups is 2. The van der Waals surface area contributed by atoms with Crippen LogP contribution in [-0.4, -0.2) is 47.8 Å². The Morgan fingerprint density at radius 2 is 1.88 bits per heavy atom. The lowest BCUT2D eigenvalue weighted by atomic mass is 10.0. The van der Waals surface area contributed by atoms with E-state index < -0.39 is 6.16 Å². The van der Waals surface area contributed by atoms with Gasteiger partial charge in [0.25, 0.3) is 0 Å². The maximum Gasteiger partial charge on any atom is 0.513 e. The molecule has 4 rings (SSSR count). The van der Waals surface area contributed by atoms with E-state index in [0.29, 0.717) is 29.8 Å². The van der Waals surface area contributed by atoms with E-state index in [0.717, 1.165) is 36.2 Å². The molecule has 1 N–H and O–H groups in total. The highest BCUT2D eigenvalue weighted by atomic mass is 16.7. The van der Waals surface area contributed by atoms with Crippen LogP contribution in [0.3, 0.4) is 0 Å². The van der Waals surface area contributed by atoms with Gasteiger partial charge in [0.1, 0.15) is 17.7 Å². The molecule has 1 aliphatic heterocycles. The topological polar surface area (TPSA) is 96.9 Å². The Bertz CT molecular complexity index is 1050. The Morgan fingerprint density at radius 1 is 1.12 bits per heavy atom. The number of pyridine rings is 2. The van der Waals surface area contributed by atoms with Crippen molar-refractivity contribution in [2.75, 3.05) is 28.8 Å². The summed E-state index contributed by atoms with van der Waals surface area (Å²) in [6.45, 7) is 6.04. The molecule has 2 aromatic heterocycles. The number of nitrogens with zero attached hydrogens (tertiary/aromatic N) is 4. The molecule has 34 heavy (non-hydrogen) atoms. The highest BCUT2D eigenvalue weighted by Gasteiger charge is 2.40. The molecule has 1 aliphatic carbocycles. The van der Waals surface area contributed by atoms with Crippen molar-refractivity contribution in [1.82, 2.24) is 9.97 Å². The molecular formula is C25H33N5O4. The average molecular weight is 468 g/mol. The molecule has 182 valence electrons. The summed E-state index contributed by atoms with van der Waals surface area (Å²) >= 11 is 0. The van der Waals surface area contributed by atoms with Gasteiger partial charge in [-0.1, -0.05) is 26.7 Å². The van der Waals surface area contributed by atoms with Crippen molar-refractivity contribution in [2.24, 2.45) is 0 Å². The Labute approximate surface area is 200 Å². The minimum absolute atomic E-state index is 0.122. The van der Waals surface area contributed by atoms with Gasteiger partial charge in [-0.2, -0.15) is 0 Å². The van der Waals surface area contributed by atoms with Crippen molar-refractivity contribution >= 4 is 35.1 Å². The molecule has 1 atom stereocenters. The van der Waals surface area contributed by atoms with Crippen molar-refractivity contribution in [3.63, 3.8) is 0 Å². The number of aryl methyl sites for hydroxylation is 1. The largest absolute Gasteiger partial charge is 0.513 e. The van der Waals surface area contributed by atoms with Crippen molar-refractivity contribution in [3.05, 3.63) is 30.1 Å². The highest BCUT2D eigenvalue weighted by molar-refractivity contribution is 6.05. The number of rotatable bonds is 7. The molecule has 0 unspecified atom stereocenters. The van der Waals surface area contributed by atoms with E-state index in [9.17, 15) is 9.59 Å². The Hall–Kier alpha value is -3.36. The van der Waals surface area contributed by atoms with E-state index >= 15 is 0 Å². The molecule has 0 radical (unpaired) electrons. The quantitative estimate of drug-likeness (QED) is 0.579. The van der Waals surface area contributed by atoms with Gasteiger partial charge >= 0.3 is 6.16 Å². The number of likely N-dealkylation sites (N-methyl/N-ethyl adjacent to an activating group) is 1. The zero-order chi connectivity index (χ0) is 24.2. The number of aromatic nitrogens is 2. The minimum atomic E-state index is -0.750. The summed E-state index contributed by atoms with van der Waals surface area (Å²) in [5.74, 6) is 1.75. The summed E-state index contributed by atoms with van der Waals surface area (Å²) in [5, 5.41) is 3.33. The minimum Gasteiger partial charge on any atom is -0.434 e. The standard InChI is InChI=1S/C25H33N5O4/c1-5-16-12-18(34-25(32)33-7-3)14-27-23(16)28-22-13-20-21(15-26-22)29(4)24(31)19(6-2)30(20)17-10-8-9-11-17/h12-15,17,19H,5-11H2,1-4H3,(H,26,27,28)/t19-/m1/s1. The number of hydrogen-bond acceptors (Lipinski definition) is 8. The monoisotopic (exact) mass is 467 g/mol. The maximum absolute atomic E-state index is 13.1. The second-order valence-corrected chi connectivity index (χ2v) is 8.67. The fourth-order valence-corrected chi connectivity index (χ4v) is 4.90. The van der Waals surface area contributed by atoms with Gasteiger partial charge in [0.05, 0.1) is 30.4 Å². The van der Waals surface area contributed by atoms with Crippen LogP contribution in [0.25, 0.3) is 0 Å². The molecule has 0 saturated heterocycles. The maximum atomic E-state index is 13.1. The van der Waals surface area contributed by atoms with E-state index in [-0.39, 0.29) is 18.6 Å². The van der Waals surface area contributed by atoms with Gasteiger partial charge in [0.15, 0.2) is 5.75 Å². The van der Waals surface area contributed by atoms with Crippen LogP contribution >= 0.6 is 0 Å². The summed E-state index contributed by atoms with van der Waals surface area (Å²) < 4.78 is 10.0. The molecule has 9 nitrogen and oxygen atoms in total. The summed E-state index contributed by atoms with van der Waals surface area (Å²) in [6, 6.07) is 3.98. The van der Waals surface area contributed by atoms with Gasteiger partial charge < -0.3 is 24.6 Å². The highest BCUT2D eigenvalue weighted by Crippen LogP contribution is 2.42.